The molecule has 1 saturated heterocycles. The molecule has 0 radical (unpaired) electrons. The number of likely N-dealkylation sites (tertiary alicyclic amines) is 1. The van der Waals surface area contributed by atoms with E-state index in [9.17, 15) is 9.36 Å². The SMILES string of the molecule is CCOP(C)(=O)CN1CCCC1C(=O)OC. The molecule has 0 aromatic rings. The van der Waals surface area contributed by atoms with Crippen molar-refractivity contribution in [2.24, 2.45) is 0 Å². The molecule has 2 atom stereocenters. The molecule has 0 aliphatic carbocycles. The van der Waals surface area contributed by atoms with Crippen LogP contribution in [0.1, 0.15) is 19.8 Å². The van der Waals surface area contributed by atoms with Gasteiger partial charge in [-0.2, -0.15) is 0 Å². The van der Waals surface area contributed by atoms with Gasteiger partial charge in [-0.1, -0.05) is 0 Å². The van der Waals surface area contributed by atoms with Crippen molar-refractivity contribution in [1.29, 1.82) is 0 Å². The van der Waals surface area contributed by atoms with Gasteiger partial charge in [-0.15, -0.1) is 0 Å². The van der Waals surface area contributed by atoms with Gasteiger partial charge in [0.2, 0.25) is 7.37 Å². The molecule has 0 bridgehead atoms. The number of esters is 1. The Labute approximate surface area is 96.5 Å². The topological polar surface area (TPSA) is 55.8 Å². The van der Waals surface area contributed by atoms with Gasteiger partial charge in [0.05, 0.1) is 20.0 Å². The lowest BCUT2D eigenvalue weighted by Gasteiger charge is -2.25. The Morgan fingerprint density at radius 1 is 1.56 bits per heavy atom. The molecule has 0 amide bonds. The molecule has 1 aliphatic rings. The molecule has 5 nitrogen and oxygen atoms in total. The largest absolute Gasteiger partial charge is 0.468 e. The van der Waals surface area contributed by atoms with Crippen LogP contribution >= 0.6 is 7.37 Å². The van der Waals surface area contributed by atoms with Gasteiger partial charge in [0.1, 0.15) is 6.04 Å². The van der Waals surface area contributed by atoms with E-state index >= 15 is 0 Å². The van der Waals surface area contributed by atoms with Crippen molar-refractivity contribution in [3.8, 4) is 0 Å². The Kier molecular flexibility index (Phi) is 4.96. The fourth-order valence-electron chi connectivity index (χ4n) is 2.04. The van der Waals surface area contributed by atoms with E-state index in [0.717, 1.165) is 19.4 Å². The van der Waals surface area contributed by atoms with Gasteiger partial charge in [0.25, 0.3) is 0 Å². The Hall–Kier alpha value is -0.380. The summed E-state index contributed by atoms with van der Waals surface area (Å²) in [5.74, 6) is -0.242. The van der Waals surface area contributed by atoms with E-state index < -0.39 is 7.37 Å². The van der Waals surface area contributed by atoms with Crippen LogP contribution in [-0.2, 0) is 18.6 Å². The summed E-state index contributed by atoms with van der Waals surface area (Å²) in [6.07, 6.45) is 2.05. The maximum absolute atomic E-state index is 12.0. The maximum atomic E-state index is 12.0. The van der Waals surface area contributed by atoms with E-state index in [0.29, 0.717) is 12.9 Å². The molecule has 6 heteroatoms. The van der Waals surface area contributed by atoms with Gasteiger partial charge < -0.3 is 9.26 Å². The van der Waals surface area contributed by atoms with Crippen molar-refractivity contribution >= 4 is 13.3 Å². The molecule has 1 heterocycles. The second-order valence-corrected chi connectivity index (χ2v) is 6.64. The van der Waals surface area contributed by atoms with E-state index in [1.165, 1.54) is 7.11 Å². The summed E-state index contributed by atoms with van der Waals surface area (Å²) in [7, 11) is -1.23. The van der Waals surface area contributed by atoms with Crippen LogP contribution in [0.15, 0.2) is 0 Å². The number of rotatable bonds is 5. The van der Waals surface area contributed by atoms with Crippen molar-refractivity contribution in [2.45, 2.75) is 25.8 Å². The smallest absolute Gasteiger partial charge is 0.323 e. The standard InChI is InChI=1S/C10H20NO4P/c1-4-15-16(3,13)8-11-7-5-6-9(11)10(12)14-2/h9H,4-8H2,1-3H3. The Morgan fingerprint density at radius 3 is 2.81 bits per heavy atom. The molecule has 16 heavy (non-hydrogen) atoms. The van der Waals surface area contributed by atoms with Crippen LogP contribution < -0.4 is 0 Å². The summed E-state index contributed by atoms with van der Waals surface area (Å²) in [5, 5.41) is 0. The minimum Gasteiger partial charge on any atom is -0.468 e. The average Bonchev–Trinajstić information content (AvgIpc) is 2.63. The van der Waals surface area contributed by atoms with Crippen LogP contribution in [0.4, 0.5) is 0 Å². The van der Waals surface area contributed by atoms with E-state index in [4.69, 9.17) is 9.26 Å². The number of methoxy groups -OCH3 is 1. The first-order valence-corrected chi connectivity index (χ1v) is 7.79. The Bertz CT molecular complexity index is 295. The quantitative estimate of drug-likeness (QED) is 0.546. The van der Waals surface area contributed by atoms with Crippen LogP contribution in [0, 0.1) is 0 Å². The van der Waals surface area contributed by atoms with Crippen molar-refractivity contribution in [3.63, 3.8) is 0 Å². The summed E-state index contributed by atoms with van der Waals surface area (Å²) in [6, 6.07) is -0.251. The van der Waals surface area contributed by atoms with Crippen LogP contribution in [0.5, 0.6) is 0 Å². The first kappa shape index (κ1) is 13.7. The van der Waals surface area contributed by atoms with Crippen LogP contribution in [0.25, 0.3) is 0 Å². The van der Waals surface area contributed by atoms with Gasteiger partial charge in [0, 0.05) is 6.66 Å². The first-order chi connectivity index (χ1) is 7.50. The van der Waals surface area contributed by atoms with Crippen LogP contribution in [0.2, 0.25) is 0 Å². The summed E-state index contributed by atoms with van der Waals surface area (Å²) in [6.45, 7) is 4.65. The highest BCUT2D eigenvalue weighted by Gasteiger charge is 2.34. The minimum absolute atomic E-state index is 0.242. The summed E-state index contributed by atoms with van der Waals surface area (Å²) >= 11 is 0. The van der Waals surface area contributed by atoms with E-state index in [1.54, 1.807) is 6.66 Å². The van der Waals surface area contributed by atoms with Crippen molar-refractivity contribution in [1.82, 2.24) is 4.90 Å². The number of hydrogen-bond donors (Lipinski definition) is 0. The highest BCUT2D eigenvalue weighted by Crippen LogP contribution is 2.44. The third-order valence-corrected chi connectivity index (χ3v) is 4.36. The predicted octanol–water partition coefficient (Wildman–Crippen LogP) is 1.53. The van der Waals surface area contributed by atoms with Crippen molar-refractivity contribution in [3.05, 3.63) is 0 Å². The minimum atomic E-state index is -2.61. The molecule has 0 N–H and O–H groups in total. The monoisotopic (exact) mass is 249 g/mol. The van der Waals surface area contributed by atoms with Crippen LogP contribution in [-0.4, -0.2) is 50.1 Å². The van der Waals surface area contributed by atoms with Crippen molar-refractivity contribution < 1.29 is 18.6 Å². The average molecular weight is 249 g/mol. The zero-order chi connectivity index (χ0) is 12.2. The number of hydrogen-bond acceptors (Lipinski definition) is 5. The predicted molar refractivity (Wildman–Crippen MR) is 61.8 cm³/mol. The molecule has 2 unspecified atom stereocenters. The molecule has 1 fully saturated rings. The normalized spacial score (nSPS) is 25.3. The number of carbonyl (C=O) groups excluding carboxylic acids is 1. The van der Waals surface area contributed by atoms with Gasteiger partial charge in [-0.05, 0) is 26.3 Å². The summed E-state index contributed by atoms with van der Waals surface area (Å²) in [4.78, 5) is 13.4. The highest BCUT2D eigenvalue weighted by molar-refractivity contribution is 7.58. The summed E-state index contributed by atoms with van der Waals surface area (Å²) in [5.41, 5.74) is 0. The first-order valence-electron chi connectivity index (χ1n) is 5.53. The third kappa shape index (κ3) is 3.58. The maximum Gasteiger partial charge on any atom is 0.323 e. The lowest BCUT2D eigenvalue weighted by Crippen LogP contribution is -2.37. The molecule has 0 aromatic carbocycles. The highest BCUT2D eigenvalue weighted by atomic mass is 31.2. The van der Waals surface area contributed by atoms with Gasteiger partial charge >= 0.3 is 5.97 Å². The van der Waals surface area contributed by atoms with Crippen LogP contribution in [0.3, 0.4) is 0 Å². The number of ether oxygens (including phenoxy) is 1. The zero-order valence-electron chi connectivity index (χ0n) is 10.1. The molecule has 0 aromatic heterocycles. The van der Waals surface area contributed by atoms with E-state index in [1.807, 2.05) is 11.8 Å². The second-order valence-electron chi connectivity index (χ2n) is 4.07. The molecular formula is C10H20NO4P. The molecule has 1 rings (SSSR count). The molecular weight excluding hydrogens is 229 g/mol. The lowest BCUT2D eigenvalue weighted by atomic mass is 10.2. The number of carbonyl (C=O) groups is 1. The van der Waals surface area contributed by atoms with E-state index in [2.05, 4.69) is 0 Å². The van der Waals surface area contributed by atoms with E-state index in [-0.39, 0.29) is 12.0 Å². The van der Waals surface area contributed by atoms with Crippen molar-refractivity contribution in [2.75, 3.05) is 33.2 Å². The fourth-order valence-corrected chi connectivity index (χ4v) is 3.67. The second kappa shape index (κ2) is 5.80. The van der Waals surface area contributed by atoms with Gasteiger partial charge in [-0.3, -0.25) is 14.3 Å². The number of nitrogens with zero attached hydrogens (tertiary/aromatic N) is 1. The van der Waals surface area contributed by atoms with Gasteiger partial charge in [-0.25, -0.2) is 0 Å². The lowest BCUT2D eigenvalue weighted by molar-refractivity contribution is -0.145. The summed E-state index contributed by atoms with van der Waals surface area (Å²) < 4.78 is 22.0. The molecule has 0 saturated carbocycles. The molecule has 0 spiro atoms. The molecule has 1 aliphatic heterocycles. The molecule has 94 valence electrons. The zero-order valence-corrected chi connectivity index (χ0v) is 11.0. The Balaban J connectivity index is 2.59. The third-order valence-electron chi connectivity index (χ3n) is 2.68. The van der Waals surface area contributed by atoms with Gasteiger partial charge in [0.15, 0.2) is 0 Å². The fraction of sp³-hybridized carbons (Fsp3) is 0.900. The Morgan fingerprint density at radius 2 is 2.25 bits per heavy atom.